The van der Waals surface area contributed by atoms with E-state index < -0.39 is 5.41 Å². The quantitative estimate of drug-likeness (QED) is 0.247. The Morgan fingerprint density at radius 2 is 1.63 bits per heavy atom. The van der Waals surface area contributed by atoms with Crippen molar-refractivity contribution >= 4 is 5.91 Å². The Balaban J connectivity index is 4.33. The number of hydrogen-bond acceptors (Lipinski definition) is 5. The summed E-state index contributed by atoms with van der Waals surface area (Å²) < 4.78 is 10.7. The third kappa shape index (κ3) is 8.15. The van der Waals surface area contributed by atoms with Gasteiger partial charge in [-0.15, -0.1) is 0 Å². The summed E-state index contributed by atoms with van der Waals surface area (Å²) in [7, 11) is 0. The maximum Gasteiger partial charge on any atom is 0.240 e. The molecule has 0 aliphatic rings. The molecular formula is C13H29N3O3. The van der Waals surface area contributed by atoms with E-state index in [9.17, 15) is 4.79 Å². The summed E-state index contributed by atoms with van der Waals surface area (Å²) >= 11 is 0. The van der Waals surface area contributed by atoms with Crippen molar-refractivity contribution in [3.63, 3.8) is 0 Å². The van der Waals surface area contributed by atoms with Crippen LogP contribution in [0.3, 0.4) is 0 Å². The van der Waals surface area contributed by atoms with Gasteiger partial charge in [0.2, 0.25) is 5.91 Å². The Morgan fingerprint density at radius 1 is 1.16 bits per heavy atom. The molecule has 0 bridgehead atoms. The van der Waals surface area contributed by atoms with Crippen molar-refractivity contribution in [3.05, 3.63) is 0 Å². The normalized spacial score (nSPS) is 11.9. The van der Waals surface area contributed by atoms with Gasteiger partial charge in [-0.25, -0.2) is 5.84 Å². The first-order valence-electron chi connectivity index (χ1n) is 6.86. The van der Waals surface area contributed by atoms with Gasteiger partial charge in [0.05, 0.1) is 18.6 Å². The lowest BCUT2D eigenvalue weighted by molar-refractivity contribution is -0.130. The Labute approximate surface area is 116 Å². The molecular weight excluding hydrogens is 246 g/mol. The zero-order valence-corrected chi connectivity index (χ0v) is 12.7. The monoisotopic (exact) mass is 275 g/mol. The standard InChI is InChI=1S/C13H29N3O3/c1-5-18-9-7-16(8-10-19-6-2)11-13(3,4)12(17)15-14/h5-11,14H2,1-4H3,(H,15,17). The minimum absolute atomic E-state index is 0.162. The summed E-state index contributed by atoms with van der Waals surface area (Å²) in [6, 6.07) is 0. The number of amides is 1. The number of rotatable bonds is 11. The molecule has 0 aliphatic carbocycles. The fraction of sp³-hybridized carbons (Fsp3) is 0.923. The topological polar surface area (TPSA) is 76.8 Å². The van der Waals surface area contributed by atoms with Gasteiger partial charge in [0.1, 0.15) is 0 Å². The average molecular weight is 275 g/mol. The molecule has 6 heteroatoms. The van der Waals surface area contributed by atoms with Crippen LogP contribution in [0.5, 0.6) is 0 Å². The van der Waals surface area contributed by atoms with Gasteiger partial charge in [-0.2, -0.15) is 0 Å². The van der Waals surface area contributed by atoms with Crippen molar-refractivity contribution in [3.8, 4) is 0 Å². The average Bonchev–Trinajstić information content (AvgIpc) is 2.37. The predicted octanol–water partition coefficient (Wildman–Crippen LogP) is 0.378. The van der Waals surface area contributed by atoms with Crippen molar-refractivity contribution < 1.29 is 14.3 Å². The second-order valence-corrected chi connectivity index (χ2v) is 5.03. The maximum atomic E-state index is 11.7. The Hall–Kier alpha value is -0.690. The SMILES string of the molecule is CCOCCN(CCOCC)CC(C)(C)C(=O)NN. The van der Waals surface area contributed by atoms with Crippen LogP contribution in [0, 0.1) is 5.41 Å². The Bertz CT molecular complexity index is 237. The fourth-order valence-corrected chi connectivity index (χ4v) is 1.77. The van der Waals surface area contributed by atoms with Crippen molar-refractivity contribution in [1.82, 2.24) is 10.3 Å². The molecule has 0 aromatic carbocycles. The summed E-state index contributed by atoms with van der Waals surface area (Å²) in [6.45, 7) is 12.6. The zero-order valence-electron chi connectivity index (χ0n) is 12.7. The molecule has 0 spiro atoms. The maximum absolute atomic E-state index is 11.7. The number of hydrazine groups is 1. The summed E-state index contributed by atoms with van der Waals surface area (Å²) in [4.78, 5) is 13.9. The van der Waals surface area contributed by atoms with Crippen LogP contribution in [0.25, 0.3) is 0 Å². The van der Waals surface area contributed by atoms with Crippen LogP contribution in [0.15, 0.2) is 0 Å². The van der Waals surface area contributed by atoms with Gasteiger partial charge >= 0.3 is 0 Å². The first-order chi connectivity index (χ1) is 8.97. The highest BCUT2D eigenvalue weighted by molar-refractivity contribution is 5.81. The van der Waals surface area contributed by atoms with Crippen molar-refractivity contribution in [2.75, 3.05) is 46.1 Å². The van der Waals surface area contributed by atoms with E-state index >= 15 is 0 Å². The molecule has 0 saturated heterocycles. The number of hydrogen-bond donors (Lipinski definition) is 2. The predicted molar refractivity (Wildman–Crippen MR) is 75.5 cm³/mol. The third-order valence-electron chi connectivity index (χ3n) is 2.88. The van der Waals surface area contributed by atoms with E-state index in [2.05, 4.69) is 10.3 Å². The first-order valence-corrected chi connectivity index (χ1v) is 6.86. The van der Waals surface area contributed by atoms with Gasteiger partial charge in [0.25, 0.3) is 0 Å². The smallest absolute Gasteiger partial charge is 0.240 e. The zero-order chi connectivity index (χ0) is 14.7. The van der Waals surface area contributed by atoms with Crippen LogP contribution in [-0.4, -0.2) is 56.9 Å². The molecule has 19 heavy (non-hydrogen) atoms. The van der Waals surface area contributed by atoms with Gasteiger partial charge in [-0.05, 0) is 27.7 Å². The minimum Gasteiger partial charge on any atom is -0.380 e. The van der Waals surface area contributed by atoms with Crippen molar-refractivity contribution in [2.24, 2.45) is 11.3 Å². The highest BCUT2D eigenvalue weighted by Gasteiger charge is 2.29. The molecule has 0 heterocycles. The van der Waals surface area contributed by atoms with E-state index in [1.807, 2.05) is 27.7 Å². The first kappa shape index (κ1) is 18.3. The second kappa shape index (κ2) is 10.1. The molecule has 0 atom stereocenters. The Morgan fingerprint density at radius 3 is 2.00 bits per heavy atom. The van der Waals surface area contributed by atoms with Crippen LogP contribution in [-0.2, 0) is 14.3 Å². The lowest BCUT2D eigenvalue weighted by Crippen LogP contribution is -2.48. The van der Waals surface area contributed by atoms with Gasteiger partial charge in [0, 0.05) is 32.8 Å². The van der Waals surface area contributed by atoms with Crippen LogP contribution in [0.2, 0.25) is 0 Å². The third-order valence-corrected chi connectivity index (χ3v) is 2.88. The minimum atomic E-state index is -0.535. The molecule has 0 rings (SSSR count). The number of nitrogens with zero attached hydrogens (tertiary/aromatic N) is 1. The van der Waals surface area contributed by atoms with Gasteiger partial charge in [-0.1, -0.05) is 0 Å². The van der Waals surface area contributed by atoms with E-state index in [1.165, 1.54) is 0 Å². The fourth-order valence-electron chi connectivity index (χ4n) is 1.77. The number of carbonyl (C=O) groups is 1. The van der Waals surface area contributed by atoms with E-state index in [0.29, 0.717) is 33.0 Å². The van der Waals surface area contributed by atoms with Gasteiger partial charge < -0.3 is 9.47 Å². The summed E-state index contributed by atoms with van der Waals surface area (Å²) in [5, 5.41) is 0. The number of carbonyl (C=O) groups excluding carboxylic acids is 1. The number of nitrogens with one attached hydrogen (secondary N) is 1. The largest absolute Gasteiger partial charge is 0.380 e. The van der Waals surface area contributed by atoms with Crippen LogP contribution < -0.4 is 11.3 Å². The van der Waals surface area contributed by atoms with Gasteiger partial charge in [-0.3, -0.25) is 15.1 Å². The number of nitrogens with two attached hydrogens (primary N) is 1. The highest BCUT2D eigenvalue weighted by atomic mass is 16.5. The molecule has 0 aliphatic heterocycles. The summed E-state index contributed by atoms with van der Waals surface area (Å²) in [5.74, 6) is 5.05. The lowest BCUT2D eigenvalue weighted by Gasteiger charge is -2.31. The molecule has 1 amide bonds. The molecule has 0 radical (unpaired) electrons. The Kier molecular flexibility index (Phi) is 9.77. The summed E-state index contributed by atoms with van der Waals surface area (Å²) in [6.07, 6.45) is 0. The molecule has 0 fully saturated rings. The van der Waals surface area contributed by atoms with E-state index in [-0.39, 0.29) is 5.91 Å². The molecule has 0 aromatic heterocycles. The highest BCUT2D eigenvalue weighted by Crippen LogP contribution is 2.16. The van der Waals surface area contributed by atoms with Crippen molar-refractivity contribution in [2.45, 2.75) is 27.7 Å². The molecule has 0 unspecified atom stereocenters. The molecule has 3 N–H and O–H groups in total. The van der Waals surface area contributed by atoms with Gasteiger partial charge in [0.15, 0.2) is 0 Å². The number of ether oxygens (including phenoxy) is 2. The summed E-state index contributed by atoms with van der Waals surface area (Å²) in [5.41, 5.74) is 1.68. The molecule has 6 nitrogen and oxygen atoms in total. The lowest BCUT2D eigenvalue weighted by atomic mass is 9.92. The van der Waals surface area contributed by atoms with Crippen LogP contribution >= 0.6 is 0 Å². The molecule has 0 aromatic rings. The van der Waals surface area contributed by atoms with Crippen molar-refractivity contribution in [1.29, 1.82) is 0 Å². The van der Waals surface area contributed by atoms with Crippen LogP contribution in [0.4, 0.5) is 0 Å². The van der Waals surface area contributed by atoms with E-state index in [4.69, 9.17) is 15.3 Å². The molecule has 114 valence electrons. The molecule has 0 saturated carbocycles. The second-order valence-electron chi connectivity index (χ2n) is 5.03. The van der Waals surface area contributed by atoms with E-state index in [1.54, 1.807) is 0 Å². The van der Waals surface area contributed by atoms with E-state index in [0.717, 1.165) is 13.1 Å². The van der Waals surface area contributed by atoms with Crippen LogP contribution in [0.1, 0.15) is 27.7 Å².